The fourth-order valence-corrected chi connectivity index (χ4v) is 3.90. The smallest absolute Gasteiger partial charge is 0.396 e. The van der Waals surface area contributed by atoms with Gasteiger partial charge in [0.05, 0.1) is 11.8 Å². The third kappa shape index (κ3) is 4.47. The van der Waals surface area contributed by atoms with Gasteiger partial charge in [0.25, 0.3) is 0 Å². The van der Waals surface area contributed by atoms with Crippen molar-refractivity contribution in [2.24, 2.45) is 0 Å². The minimum absolute atomic E-state index is 0.0546. The maximum atomic E-state index is 13.8. The molecule has 1 atom stereocenters. The van der Waals surface area contributed by atoms with Gasteiger partial charge in [-0.05, 0) is 55.4 Å². The Hall–Kier alpha value is -2.34. The van der Waals surface area contributed by atoms with Crippen LogP contribution in [0.3, 0.4) is 0 Å². The SMILES string of the molecule is CC(CCO)(c1ccc2c(c1)CCCCN2C(=O)Cc1ccccc1)C(F)(F)F. The van der Waals surface area contributed by atoms with Crippen LogP contribution >= 0.6 is 0 Å². The Bertz CT molecular complexity index is 851. The second-order valence-corrected chi connectivity index (χ2v) is 7.81. The van der Waals surface area contributed by atoms with Crippen LogP contribution in [0, 0.1) is 0 Å². The number of benzene rings is 2. The highest BCUT2D eigenvalue weighted by molar-refractivity contribution is 5.95. The predicted molar refractivity (Wildman–Crippen MR) is 107 cm³/mol. The van der Waals surface area contributed by atoms with Gasteiger partial charge in [0.15, 0.2) is 0 Å². The molecule has 3 rings (SSSR count). The largest absolute Gasteiger partial charge is 0.398 e. The lowest BCUT2D eigenvalue weighted by Crippen LogP contribution is -2.40. The van der Waals surface area contributed by atoms with Gasteiger partial charge in [-0.15, -0.1) is 0 Å². The molecule has 0 spiro atoms. The normalized spacial score (nSPS) is 16.7. The van der Waals surface area contributed by atoms with Gasteiger partial charge in [-0.1, -0.05) is 42.5 Å². The Labute approximate surface area is 169 Å². The van der Waals surface area contributed by atoms with Crippen LogP contribution in [0.5, 0.6) is 0 Å². The molecule has 1 amide bonds. The van der Waals surface area contributed by atoms with Crippen LogP contribution in [0.15, 0.2) is 48.5 Å². The number of aliphatic hydroxyl groups is 1. The molecule has 0 aliphatic carbocycles. The maximum absolute atomic E-state index is 13.8. The molecule has 29 heavy (non-hydrogen) atoms. The number of fused-ring (bicyclic) bond motifs is 1. The van der Waals surface area contributed by atoms with Crippen molar-refractivity contribution in [1.82, 2.24) is 0 Å². The summed E-state index contributed by atoms with van der Waals surface area (Å²) >= 11 is 0. The molecule has 1 N–H and O–H groups in total. The van der Waals surface area contributed by atoms with Gasteiger partial charge < -0.3 is 10.0 Å². The second-order valence-electron chi connectivity index (χ2n) is 7.81. The van der Waals surface area contributed by atoms with Crippen LogP contribution in [0.4, 0.5) is 18.9 Å². The minimum atomic E-state index is -4.47. The summed E-state index contributed by atoms with van der Waals surface area (Å²) in [5.74, 6) is -0.0546. The van der Waals surface area contributed by atoms with E-state index >= 15 is 0 Å². The van der Waals surface area contributed by atoms with Gasteiger partial charge in [-0.2, -0.15) is 13.2 Å². The molecular weight excluding hydrogens is 379 g/mol. The number of halogens is 3. The molecule has 1 heterocycles. The van der Waals surface area contributed by atoms with Gasteiger partial charge in [0, 0.05) is 18.8 Å². The van der Waals surface area contributed by atoms with E-state index in [1.165, 1.54) is 6.07 Å². The number of amides is 1. The highest BCUT2D eigenvalue weighted by atomic mass is 19.4. The number of alkyl halides is 3. The Morgan fingerprint density at radius 3 is 2.48 bits per heavy atom. The number of aryl methyl sites for hydroxylation is 1. The quantitative estimate of drug-likeness (QED) is 0.776. The topological polar surface area (TPSA) is 40.5 Å². The van der Waals surface area contributed by atoms with E-state index in [2.05, 4.69) is 0 Å². The average molecular weight is 405 g/mol. The first-order valence-electron chi connectivity index (χ1n) is 9.91. The van der Waals surface area contributed by atoms with Crippen molar-refractivity contribution in [3.63, 3.8) is 0 Å². The molecule has 156 valence electrons. The minimum Gasteiger partial charge on any atom is -0.396 e. The third-order valence-electron chi connectivity index (χ3n) is 5.82. The Balaban J connectivity index is 1.94. The number of carbonyl (C=O) groups excluding carboxylic acids is 1. The van der Waals surface area contributed by atoms with Gasteiger partial charge in [-0.3, -0.25) is 4.79 Å². The molecular formula is C23H26F3NO2. The molecule has 6 heteroatoms. The predicted octanol–water partition coefficient (Wildman–Crippen LogP) is 4.80. The van der Waals surface area contributed by atoms with Gasteiger partial charge in [-0.25, -0.2) is 0 Å². The molecule has 1 aliphatic heterocycles. The molecule has 2 aromatic carbocycles. The summed E-state index contributed by atoms with van der Waals surface area (Å²) in [6.07, 6.45) is -2.37. The van der Waals surface area contributed by atoms with Gasteiger partial charge in [0.2, 0.25) is 5.91 Å². The molecule has 0 fully saturated rings. The molecule has 2 aromatic rings. The molecule has 1 unspecified atom stereocenters. The lowest BCUT2D eigenvalue weighted by Gasteiger charge is -2.33. The lowest BCUT2D eigenvalue weighted by molar-refractivity contribution is -0.189. The van der Waals surface area contributed by atoms with Crippen LogP contribution < -0.4 is 4.90 Å². The summed E-state index contributed by atoms with van der Waals surface area (Å²) in [7, 11) is 0. The Kier molecular flexibility index (Phi) is 6.32. The Morgan fingerprint density at radius 2 is 1.83 bits per heavy atom. The fraction of sp³-hybridized carbons (Fsp3) is 0.435. The van der Waals surface area contributed by atoms with Crippen molar-refractivity contribution in [1.29, 1.82) is 0 Å². The van der Waals surface area contributed by atoms with E-state index < -0.39 is 24.6 Å². The number of rotatable bonds is 5. The number of nitrogens with zero attached hydrogens (tertiary/aromatic N) is 1. The zero-order valence-electron chi connectivity index (χ0n) is 16.5. The lowest BCUT2D eigenvalue weighted by atomic mass is 9.78. The van der Waals surface area contributed by atoms with Crippen molar-refractivity contribution in [2.45, 2.75) is 50.6 Å². The zero-order chi connectivity index (χ0) is 21.1. The monoisotopic (exact) mass is 405 g/mol. The first-order valence-corrected chi connectivity index (χ1v) is 9.91. The summed E-state index contributed by atoms with van der Waals surface area (Å²) < 4.78 is 41.3. The molecule has 0 radical (unpaired) electrons. The van der Waals surface area contributed by atoms with Crippen molar-refractivity contribution in [3.05, 3.63) is 65.2 Å². The molecule has 1 aliphatic rings. The number of carbonyl (C=O) groups is 1. The maximum Gasteiger partial charge on any atom is 0.398 e. The van der Waals surface area contributed by atoms with Gasteiger partial charge >= 0.3 is 6.18 Å². The van der Waals surface area contributed by atoms with Crippen LogP contribution in [0.2, 0.25) is 0 Å². The fourth-order valence-electron chi connectivity index (χ4n) is 3.90. The van der Waals surface area contributed by atoms with Crippen LogP contribution in [-0.2, 0) is 23.1 Å². The highest BCUT2D eigenvalue weighted by Crippen LogP contribution is 2.44. The van der Waals surface area contributed by atoms with E-state index in [-0.39, 0.29) is 17.9 Å². The summed E-state index contributed by atoms with van der Waals surface area (Å²) in [5.41, 5.74) is 0.375. The van der Waals surface area contributed by atoms with Crippen molar-refractivity contribution < 1.29 is 23.1 Å². The van der Waals surface area contributed by atoms with E-state index in [1.54, 1.807) is 17.0 Å². The standard InChI is InChI=1S/C23H26F3NO2/c1-22(12-14-28,23(24,25)26)19-10-11-20-18(16-19)9-5-6-13-27(20)21(29)15-17-7-3-2-4-8-17/h2-4,7-8,10-11,16,28H,5-6,9,12-15H2,1H3. The molecule has 0 saturated carbocycles. The van der Waals surface area contributed by atoms with E-state index in [0.717, 1.165) is 30.9 Å². The highest BCUT2D eigenvalue weighted by Gasteiger charge is 2.51. The van der Waals surface area contributed by atoms with Crippen LogP contribution in [0.1, 0.15) is 42.9 Å². The van der Waals surface area contributed by atoms with E-state index in [4.69, 9.17) is 0 Å². The third-order valence-corrected chi connectivity index (χ3v) is 5.82. The van der Waals surface area contributed by atoms with E-state index in [9.17, 15) is 23.1 Å². The number of hydrogen-bond donors (Lipinski definition) is 1. The number of hydrogen-bond acceptors (Lipinski definition) is 2. The summed E-state index contributed by atoms with van der Waals surface area (Å²) in [5, 5.41) is 9.21. The summed E-state index contributed by atoms with van der Waals surface area (Å²) in [6, 6.07) is 14.1. The Morgan fingerprint density at radius 1 is 1.10 bits per heavy atom. The van der Waals surface area contributed by atoms with E-state index in [1.807, 2.05) is 30.3 Å². The van der Waals surface area contributed by atoms with E-state index in [0.29, 0.717) is 18.7 Å². The van der Waals surface area contributed by atoms with Crippen LogP contribution in [0.25, 0.3) is 0 Å². The zero-order valence-corrected chi connectivity index (χ0v) is 16.5. The molecule has 0 saturated heterocycles. The number of aliphatic hydroxyl groups excluding tert-OH is 1. The number of anilines is 1. The van der Waals surface area contributed by atoms with Crippen molar-refractivity contribution >= 4 is 11.6 Å². The average Bonchev–Trinajstić information content (AvgIpc) is 2.90. The van der Waals surface area contributed by atoms with Crippen molar-refractivity contribution in [3.8, 4) is 0 Å². The van der Waals surface area contributed by atoms with Crippen molar-refractivity contribution in [2.75, 3.05) is 18.1 Å². The molecule has 0 bridgehead atoms. The first-order chi connectivity index (χ1) is 13.8. The van der Waals surface area contributed by atoms with Crippen LogP contribution in [-0.4, -0.2) is 30.3 Å². The molecule has 3 nitrogen and oxygen atoms in total. The van der Waals surface area contributed by atoms with Gasteiger partial charge in [0.1, 0.15) is 0 Å². The molecule has 0 aromatic heterocycles. The second kappa shape index (κ2) is 8.57. The summed E-state index contributed by atoms with van der Waals surface area (Å²) in [4.78, 5) is 14.6. The first kappa shape index (κ1) is 21.4. The summed E-state index contributed by atoms with van der Waals surface area (Å²) in [6.45, 7) is 1.14.